The summed E-state index contributed by atoms with van der Waals surface area (Å²) in [6.45, 7) is 11.0. The summed E-state index contributed by atoms with van der Waals surface area (Å²) < 4.78 is 13.6. The van der Waals surface area contributed by atoms with Gasteiger partial charge in [0.2, 0.25) is 0 Å². The van der Waals surface area contributed by atoms with Crippen molar-refractivity contribution in [1.82, 2.24) is 23.6 Å². The van der Waals surface area contributed by atoms with Crippen LogP contribution in [0.2, 0.25) is 0 Å². The van der Waals surface area contributed by atoms with Gasteiger partial charge in [0.05, 0.1) is 11.0 Å². The van der Waals surface area contributed by atoms with Crippen LogP contribution in [0.5, 0.6) is 11.5 Å². The van der Waals surface area contributed by atoms with Crippen LogP contribution < -0.4 is 15.0 Å². The summed E-state index contributed by atoms with van der Waals surface area (Å²) in [7, 11) is 2.14. The molecule has 11 aromatic rings. The molecule has 0 unspecified atom stereocenters. The summed E-state index contributed by atoms with van der Waals surface area (Å²) in [6, 6.07) is 59.3. The van der Waals surface area contributed by atoms with Crippen LogP contribution in [0.4, 0.5) is 5.69 Å². The van der Waals surface area contributed by atoms with Gasteiger partial charge in [-0.3, -0.25) is 4.98 Å². The zero-order valence-electron chi connectivity index (χ0n) is 37.6. The first-order chi connectivity index (χ1) is 31.6. The Kier molecular flexibility index (Phi) is 9.94. The molecule has 0 radical (unpaired) electrons. The molecule has 7 aromatic carbocycles. The molecule has 9 heteroatoms. The normalized spacial score (nSPS) is 12.5. The number of aryl methyl sites for hydroxylation is 2. The Balaban J connectivity index is 0.00000481. The summed E-state index contributed by atoms with van der Waals surface area (Å²) in [6.07, 6.45) is 5.85. The van der Waals surface area contributed by atoms with Crippen molar-refractivity contribution in [3.05, 3.63) is 193 Å². The van der Waals surface area contributed by atoms with Crippen molar-refractivity contribution in [1.29, 1.82) is 0 Å². The van der Waals surface area contributed by atoms with E-state index in [-0.39, 0.29) is 33.5 Å². The Labute approximate surface area is 399 Å². The second-order valence-corrected chi connectivity index (χ2v) is 18.3. The molecule has 5 heterocycles. The molecular formula is C57H45BN6OPt. The minimum atomic E-state index is -0.0681. The SMILES string of the molecule is Cc1cccc(C)c1B1N(C)c2ccc(Oc3[c-]c4c(cc3)c3cc(-c5cccc6c7ccccc7n(-c7ccccc7)c56)ccc3n4-c3cc(C(C)(C)C)ccn3)[c-]c2-c2nccn21.[Pt+2]. The number of hydrogen-bond acceptors (Lipinski definition) is 4. The molecule has 0 spiro atoms. The average Bonchev–Trinajstić information content (AvgIpc) is 4.03. The van der Waals surface area contributed by atoms with Gasteiger partial charge in [-0.2, -0.15) is 6.07 Å². The van der Waals surface area contributed by atoms with Crippen LogP contribution in [-0.2, 0) is 26.5 Å². The number of rotatable bonds is 6. The minimum absolute atomic E-state index is 0. The van der Waals surface area contributed by atoms with Gasteiger partial charge in [0.25, 0.3) is 0 Å². The number of nitrogens with zero attached hydrogens (tertiary/aromatic N) is 6. The second-order valence-electron chi connectivity index (χ2n) is 18.3. The van der Waals surface area contributed by atoms with Gasteiger partial charge in [-0.05, 0) is 84.7 Å². The first-order valence-corrected chi connectivity index (χ1v) is 22.2. The maximum atomic E-state index is 6.72. The number of para-hydroxylation sites is 3. The monoisotopic (exact) mass is 1040 g/mol. The minimum Gasteiger partial charge on any atom is -0.503 e. The van der Waals surface area contributed by atoms with Crippen LogP contribution in [0.15, 0.2) is 164 Å². The Morgan fingerprint density at radius 2 is 1.35 bits per heavy atom. The second kappa shape index (κ2) is 15.8. The molecule has 0 saturated heterocycles. The van der Waals surface area contributed by atoms with E-state index in [0.29, 0.717) is 11.5 Å². The zero-order valence-corrected chi connectivity index (χ0v) is 39.8. The fourth-order valence-electron chi connectivity index (χ4n) is 10.2. The van der Waals surface area contributed by atoms with Crippen molar-refractivity contribution in [3.8, 4) is 45.5 Å². The summed E-state index contributed by atoms with van der Waals surface area (Å²) in [5, 5.41) is 4.62. The standard InChI is InChI=1S/C57H45BN6O.Pt/c1-36-14-12-15-37(2)54(36)58-61(6)49-27-24-41(34-48(49)56-60-30-31-62(56)58)65-42-23-25-45-47-32-38(22-26-51(47)64(52(45)35-42)53-33-39(28-29-59-53)57(3,4)5)43-19-13-20-46-44-18-10-11-21-50(44)63(55(43)46)40-16-8-7-9-17-40;/h7-33H,1-6H3;/q-2;+2. The van der Waals surface area contributed by atoms with E-state index in [9.17, 15) is 0 Å². The Hall–Kier alpha value is -7.15. The van der Waals surface area contributed by atoms with E-state index in [2.05, 4.69) is 212 Å². The van der Waals surface area contributed by atoms with E-state index >= 15 is 0 Å². The predicted molar refractivity (Wildman–Crippen MR) is 268 cm³/mol. The predicted octanol–water partition coefficient (Wildman–Crippen LogP) is 12.8. The van der Waals surface area contributed by atoms with Crippen molar-refractivity contribution in [2.75, 3.05) is 11.9 Å². The van der Waals surface area contributed by atoms with E-state index in [1.165, 1.54) is 44.0 Å². The third-order valence-corrected chi connectivity index (χ3v) is 13.3. The van der Waals surface area contributed by atoms with Gasteiger partial charge in [0, 0.05) is 63.5 Å². The van der Waals surface area contributed by atoms with Gasteiger partial charge < -0.3 is 23.2 Å². The number of pyridine rings is 1. The van der Waals surface area contributed by atoms with E-state index in [0.717, 1.165) is 61.5 Å². The molecule has 0 saturated carbocycles. The third-order valence-electron chi connectivity index (χ3n) is 13.3. The van der Waals surface area contributed by atoms with E-state index in [4.69, 9.17) is 14.7 Å². The van der Waals surface area contributed by atoms with Gasteiger partial charge >= 0.3 is 28.0 Å². The number of fused-ring (bicyclic) bond motifs is 9. The summed E-state index contributed by atoms with van der Waals surface area (Å²) in [5.74, 6) is 2.87. The number of imidazole rings is 1. The summed E-state index contributed by atoms with van der Waals surface area (Å²) in [4.78, 5) is 12.2. The molecule has 0 fully saturated rings. The number of benzene rings is 7. The molecule has 1 aliphatic heterocycles. The van der Waals surface area contributed by atoms with E-state index in [1.807, 2.05) is 24.5 Å². The van der Waals surface area contributed by atoms with Crippen LogP contribution in [0.25, 0.3) is 77.6 Å². The first-order valence-electron chi connectivity index (χ1n) is 22.2. The number of hydrogen-bond donors (Lipinski definition) is 0. The largest absolute Gasteiger partial charge is 2.00 e. The molecule has 7 nitrogen and oxygen atoms in total. The summed E-state index contributed by atoms with van der Waals surface area (Å²) in [5.41, 5.74) is 14.6. The van der Waals surface area contributed by atoms with Gasteiger partial charge in [-0.15, -0.1) is 23.6 Å². The van der Waals surface area contributed by atoms with Gasteiger partial charge in [-0.1, -0.05) is 146 Å². The maximum Gasteiger partial charge on any atom is 2.00 e. The zero-order chi connectivity index (χ0) is 44.1. The Bertz CT molecular complexity index is 3670. The maximum absolute atomic E-state index is 6.72. The third kappa shape index (κ3) is 6.53. The van der Waals surface area contributed by atoms with E-state index < -0.39 is 0 Å². The molecule has 322 valence electrons. The number of ether oxygens (including phenoxy) is 1. The topological polar surface area (TPSA) is 53.0 Å². The number of anilines is 1. The van der Waals surface area contributed by atoms with Crippen molar-refractivity contribution < 1.29 is 25.8 Å². The fourth-order valence-corrected chi connectivity index (χ4v) is 10.2. The van der Waals surface area contributed by atoms with E-state index in [1.54, 1.807) is 0 Å². The first kappa shape index (κ1) is 41.6. The fraction of sp³-hybridized carbons (Fsp3) is 0.123. The van der Waals surface area contributed by atoms with Crippen LogP contribution in [0.3, 0.4) is 0 Å². The van der Waals surface area contributed by atoms with Crippen molar-refractivity contribution in [2.24, 2.45) is 0 Å². The van der Waals surface area contributed by atoms with Crippen LogP contribution in [0, 0.1) is 26.0 Å². The molecule has 1 aliphatic rings. The van der Waals surface area contributed by atoms with Crippen LogP contribution in [0.1, 0.15) is 37.5 Å². The van der Waals surface area contributed by atoms with Gasteiger partial charge in [-0.25, -0.2) is 4.98 Å². The molecule has 4 aromatic heterocycles. The van der Waals surface area contributed by atoms with Gasteiger partial charge in [0.15, 0.2) is 0 Å². The summed E-state index contributed by atoms with van der Waals surface area (Å²) >= 11 is 0. The van der Waals surface area contributed by atoms with Gasteiger partial charge in [0.1, 0.15) is 5.82 Å². The average molecular weight is 1040 g/mol. The molecular weight excluding hydrogens is 991 g/mol. The van der Waals surface area contributed by atoms with Crippen LogP contribution >= 0.6 is 0 Å². The molecule has 0 aliphatic carbocycles. The Morgan fingerprint density at radius 3 is 2.17 bits per heavy atom. The Morgan fingerprint density at radius 1 is 0.621 bits per heavy atom. The molecule has 12 rings (SSSR count). The number of aromatic nitrogens is 5. The van der Waals surface area contributed by atoms with Crippen molar-refractivity contribution >= 4 is 61.7 Å². The smallest absolute Gasteiger partial charge is 0.503 e. The quantitative estimate of drug-likeness (QED) is 0.123. The molecule has 0 N–H and O–H groups in total. The van der Waals surface area contributed by atoms with Crippen molar-refractivity contribution in [2.45, 2.75) is 40.0 Å². The molecule has 0 amide bonds. The van der Waals surface area contributed by atoms with Crippen molar-refractivity contribution in [3.63, 3.8) is 0 Å². The molecule has 0 atom stereocenters. The molecule has 66 heavy (non-hydrogen) atoms. The molecule has 0 bridgehead atoms. The van der Waals surface area contributed by atoms with Crippen LogP contribution in [-0.4, -0.2) is 37.6 Å².